The maximum Gasteiger partial charge on any atom is 0.301 e. The lowest BCUT2D eigenvalue weighted by Crippen LogP contribution is -2.34. The fraction of sp³-hybridized carbons (Fsp3) is 0.375. The topological polar surface area (TPSA) is 160 Å². The van der Waals surface area contributed by atoms with Gasteiger partial charge in [0.1, 0.15) is 17.0 Å². The molecule has 1 aliphatic rings. The minimum absolute atomic E-state index is 0.00244. The van der Waals surface area contributed by atoms with E-state index in [1.54, 1.807) is 0 Å². The molecule has 1 heterocycles. The van der Waals surface area contributed by atoms with E-state index >= 15 is 0 Å². The molecule has 144 valence electrons. The van der Waals surface area contributed by atoms with Gasteiger partial charge in [-0.15, -0.1) is 0 Å². The number of hydrogen-bond acceptors (Lipinski definition) is 8. The molecule has 0 radical (unpaired) electrons. The van der Waals surface area contributed by atoms with Gasteiger partial charge in [-0.1, -0.05) is 20.3 Å². The van der Waals surface area contributed by atoms with E-state index in [-0.39, 0.29) is 28.6 Å². The highest BCUT2D eigenvalue weighted by molar-refractivity contribution is 6.22. The van der Waals surface area contributed by atoms with Gasteiger partial charge in [-0.2, -0.15) is 5.10 Å². The zero-order valence-corrected chi connectivity index (χ0v) is 14.9. The number of amides is 1. The Balaban J connectivity index is 2.32. The Morgan fingerprint density at radius 3 is 2.59 bits per heavy atom. The molecule has 27 heavy (non-hydrogen) atoms. The fourth-order valence-electron chi connectivity index (χ4n) is 2.63. The quantitative estimate of drug-likeness (QED) is 0.374. The molecular weight excluding hydrogens is 358 g/mol. The summed E-state index contributed by atoms with van der Waals surface area (Å²) in [5, 5.41) is 38.8. The second-order valence-corrected chi connectivity index (χ2v) is 6.12. The number of anilines is 1. The van der Waals surface area contributed by atoms with Crippen LogP contribution in [-0.2, 0) is 4.79 Å². The summed E-state index contributed by atoms with van der Waals surface area (Å²) in [5.41, 5.74) is 1.51. The minimum Gasteiger partial charge on any atom is -0.509 e. The van der Waals surface area contributed by atoms with Crippen molar-refractivity contribution < 1.29 is 19.7 Å². The monoisotopic (exact) mass is 377 g/mol. The zero-order chi connectivity index (χ0) is 20.3. The highest BCUT2D eigenvalue weighted by Gasteiger charge is 2.35. The highest BCUT2D eigenvalue weighted by Crippen LogP contribution is 2.29. The number of non-ortho nitro benzene ring substituents is 1. The number of aliphatic hydroxyl groups is 1. The smallest absolute Gasteiger partial charge is 0.301 e. The van der Waals surface area contributed by atoms with Crippen molar-refractivity contribution in [2.75, 3.05) is 5.43 Å². The van der Waals surface area contributed by atoms with Crippen LogP contribution < -0.4 is 10.7 Å². The van der Waals surface area contributed by atoms with E-state index in [4.69, 9.17) is 0 Å². The van der Waals surface area contributed by atoms with Crippen LogP contribution in [-0.4, -0.2) is 32.6 Å². The van der Waals surface area contributed by atoms with Crippen molar-refractivity contribution in [3.8, 4) is 0 Å². The first kappa shape index (κ1) is 19.8. The van der Waals surface area contributed by atoms with Crippen molar-refractivity contribution in [1.29, 1.82) is 0 Å². The zero-order valence-electron chi connectivity index (χ0n) is 14.9. The Morgan fingerprint density at radius 1 is 1.37 bits per heavy atom. The first-order chi connectivity index (χ1) is 12.7. The van der Waals surface area contributed by atoms with Crippen LogP contribution in [0.5, 0.6) is 0 Å². The lowest BCUT2D eigenvalue weighted by molar-refractivity contribution is -0.393. The molecule has 1 aliphatic heterocycles. The Labute approximate surface area is 154 Å². The van der Waals surface area contributed by atoms with Gasteiger partial charge in [-0.05, 0) is 18.9 Å². The van der Waals surface area contributed by atoms with Crippen LogP contribution in [0.1, 0.15) is 27.2 Å². The van der Waals surface area contributed by atoms with Crippen molar-refractivity contribution in [3.05, 3.63) is 49.8 Å². The molecule has 11 heteroatoms. The van der Waals surface area contributed by atoms with E-state index in [9.17, 15) is 30.1 Å². The van der Waals surface area contributed by atoms with Gasteiger partial charge in [0.2, 0.25) is 0 Å². The first-order valence-corrected chi connectivity index (χ1v) is 8.14. The molecule has 1 aromatic rings. The van der Waals surface area contributed by atoms with Crippen LogP contribution in [0.3, 0.4) is 0 Å². The predicted molar refractivity (Wildman–Crippen MR) is 97.5 cm³/mol. The van der Waals surface area contributed by atoms with E-state index in [0.717, 1.165) is 24.6 Å². The van der Waals surface area contributed by atoms with Crippen LogP contribution in [0.4, 0.5) is 17.1 Å². The van der Waals surface area contributed by atoms with Gasteiger partial charge in [0.15, 0.2) is 0 Å². The van der Waals surface area contributed by atoms with E-state index in [1.165, 1.54) is 6.92 Å². The van der Waals surface area contributed by atoms with Crippen molar-refractivity contribution >= 4 is 28.7 Å². The standard InChI is InChI=1S/C16H19N5O6/c1-4-8(2)14-15(22)13(16(23)17-14)9(3)18-19-11-6-5-10(20(24)25)7-12(11)21(26)27/h5-8,14,19,22H,4H2,1-3H3,(H,17,23)/b18-9+/t8-,14-/m0/s1. The summed E-state index contributed by atoms with van der Waals surface area (Å²) in [4.78, 5) is 32.5. The van der Waals surface area contributed by atoms with Crippen LogP contribution in [0.25, 0.3) is 0 Å². The van der Waals surface area contributed by atoms with Gasteiger partial charge in [-0.25, -0.2) is 0 Å². The molecule has 3 N–H and O–H groups in total. The molecular formula is C16H19N5O6. The number of nitrogens with zero attached hydrogens (tertiary/aromatic N) is 3. The Hall–Kier alpha value is -3.50. The molecule has 0 spiro atoms. The Morgan fingerprint density at radius 2 is 2.04 bits per heavy atom. The lowest BCUT2D eigenvalue weighted by Gasteiger charge is -2.17. The van der Waals surface area contributed by atoms with E-state index in [0.29, 0.717) is 0 Å². The molecule has 1 aromatic carbocycles. The number of rotatable bonds is 7. The predicted octanol–water partition coefficient (Wildman–Crippen LogP) is 2.65. The van der Waals surface area contributed by atoms with Gasteiger partial charge < -0.3 is 10.4 Å². The normalized spacial score (nSPS) is 18.3. The molecule has 0 aliphatic carbocycles. The first-order valence-electron chi connectivity index (χ1n) is 8.14. The summed E-state index contributed by atoms with van der Waals surface area (Å²) in [7, 11) is 0. The average molecular weight is 377 g/mol. The summed E-state index contributed by atoms with van der Waals surface area (Å²) in [6, 6.07) is 2.54. The van der Waals surface area contributed by atoms with E-state index in [1.807, 2.05) is 13.8 Å². The molecule has 2 rings (SSSR count). The number of nitro benzene ring substituents is 2. The van der Waals surface area contributed by atoms with E-state index in [2.05, 4.69) is 15.8 Å². The summed E-state index contributed by atoms with van der Waals surface area (Å²) >= 11 is 0. The SMILES string of the molecule is CC[C@H](C)[C@@H]1NC(=O)C(/C(C)=N/Nc2ccc([N+](=O)[O-])cc2[N+](=O)[O-])=C1O. The maximum atomic E-state index is 12.1. The maximum absolute atomic E-state index is 12.1. The van der Waals surface area contributed by atoms with Crippen LogP contribution in [0.15, 0.2) is 34.6 Å². The number of hydrogen-bond donors (Lipinski definition) is 3. The largest absolute Gasteiger partial charge is 0.509 e. The summed E-state index contributed by atoms with van der Waals surface area (Å²) < 4.78 is 0. The molecule has 0 aromatic heterocycles. The summed E-state index contributed by atoms with van der Waals surface area (Å²) in [5.74, 6) is -0.599. The molecule has 1 amide bonds. The van der Waals surface area contributed by atoms with Crippen LogP contribution in [0, 0.1) is 26.1 Å². The van der Waals surface area contributed by atoms with Crippen LogP contribution >= 0.6 is 0 Å². The van der Waals surface area contributed by atoms with Gasteiger partial charge in [0, 0.05) is 6.07 Å². The number of carbonyl (C=O) groups excluding carboxylic acids is 1. The number of benzene rings is 1. The van der Waals surface area contributed by atoms with Gasteiger partial charge in [0.05, 0.1) is 27.7 Å². The summed E-state index contributed by atoms with van der Waals surface area (Å²) in [6.07, 6.45) is 0.742. The minimum atomic E-state index is -0.780. The molecule has 0 bridgehead atoms. The van der Waals surface area contributed by atoms with Crippen molar-refractivity contribution in [2.24, 2.45) is 11.0 Å². The molecule has 0 unspecified atom stereocenters. The van der Waals surface area contributed by atoms with Gasteiger partial charge in [0.25, 0.3) is 11.6 Å². The highest BCUT2D eigenvalue weighted by atomic mass is 16.6. The fourth-order valence-corrected chi connectivity index (χ4v) is 2.63. The molecule has 11 nitrogen and oxygen atoms in total. The third kappa shape index (κ3) is 4.02. The Kier molecular flexibility index (Phi) is 5.73. The number of nitro groups is 2. The lowest BCUT2D eigenvalue weighted by atomic mass is 9.97. The average Bonchev–Trinajstić information content (AvgIpc) is 2.93. The summed E-state index contributed by atoms with van der Waals surface area (Å²) in [6.45, 7) is 5.28. The Bertz CT molecular complexity index is 863. The number of nitrogens with one attached hydrogen (secondary N) is 2. The number of aliphatic hydroxyl groups excluding tert-OH is 1. The third-order valence-electron chi connectivity index (χ3n) is 4.37. The molecule has 0 saturated heterocycles. The molecule has 2 atom stereocenters. The van der Waals surface area contributed by atoms with Crippen molar-refractivity contribution in [3.63, 3.8) is 0 Å². The third-order valence-corrected chi connectivity index (χ3v) is 4.37. The second-order valence-electron chi connectivity index (χ2n) is 6.12. The molecule has 0 fully saturated rings. The number of carbonyl (C=O) groups is 1. The number of hydrazone groups is 1. The molecule has 0 saturated carbocycles. The second kappa shape index (κ2) is 7.81. The van der Waals surface area contributed by atoms with E-state index < -0.39 is 33.2 Å². The van der Waals surface area contributed by atoms with Gasteiger partial charge in [-0.3, -0.25) is 30.4 Å². The van der Waals surface area contributed by atoms with Crippen molar-refractivity contribution in [1.82, 2.24) is 5.32 Å². The van der Waals surface area contributed by atoms with Gasteiger partial charge >= 0.3 is 5.69 Å². The van der Waals surface area contributed by atoms with Crippen molar-refractivity contribution in [2.45, 2.75) is 33.2 Å². The van der Waals surface area contributed by atoms with Crippen LogP contribution in [0.2, 0.25) is 0 Å².